The topological polar surface area (TPSA) is 117 Å². The molecular formula is C25H43BN4O6. The second-order valence-electron chi connectivity index (χ2n) is 12.2. The molecular weight excluding hydrogens is 463 g/mol. The van der Waals surface area contributed by atoms with Crippen molar-refractivity contribution in [1.29, 1.82) is 0 Å². The van der Waals surface area contributed by atoms with Crippen molar-refractivity contribution in [2.45, 2.75) is 104 Å². The van der Waals surface area contributed by atoms with Crippen LogP contribution in [0, 0.1) is 5.41 Å². The van der Waals surface area contributed by atoms with E-state index in [1.54, 1.807) is 11.1 Å². The average Bonchev–Trinajstić information content (AvgIpc) is 3.36. The molecule has 0 bridgehead atoms. The van der Waals surface area contributed by atoms with Crippen molar-refractivity contribution >= 4 is 24.8 Å². The number of aromatic nitrogens is 2. The van der Waals surface area contributed by atoms with Crippen molar-refractivity contribution in [3.05, 3.63) is 12.4 Å². The molecule has 10 nitrogen and oxygen atoms in total. The molecule has 3 fully saturated rings. The van der Waals surface area contributed by atoms with Crippen LogP contribution in [-0.2, 0) is 9.31 Å². The van der Waals surface area contributed by atoms with Crippen LogP contribution in [0.15, 0.2) is 12.4 Å². The first-order valence-electron chi connectivity index (χ1n) is 13.0. The van der Waals surface area contributed by atoms with E-state index in [4.69, 9.17) is 14.4 Å². The fourth-order valence-electron chi connectivity index (χ4n) is 4.98. The van der Waals surface area contributed by atoms with Crippen LogP contribution in [0.25, 0.3) is 0 Å². The van der Waals surface area contributed by atoms with Crippen LogP contribution in [0.1, 0.15) is 86.6 Å². The van der Waals surface area contributed by atoms with Crippen LogP contribution in [0.2, 0.25) is 0 Å². The summed E-state index contributed by atoms with van der Waals surface area (Å²) in [5.41, 5.74) is 0.00806. The molecule has 0 aromatic carbocycles. The Morgan fingerprint density at radius 2 is 1.58 bits per heavy atom. The van der Waals surface area contributed by atoms with Crippen LogP contribution in [0.5, 0.6) is 0 Å². The zero-order valence-electron chi connectivity index (χ0n) is 22.9. The molecule has 0 spiro atoms. The Balaban J connectivity index is 0.000000338. The number of hydrogen-bond donors (Lipinski definition) is 2. The monoisotopic (exact) mass is 506 g/mol. The van der Waals surface area contributed by atoms with Crippen molar-refractivity contribution in [3.8, 4) is 0 Å². The van der Waals surface area contributed by atoms with Crippen molar-refractivity contribution in [1.82, 2.24) is 19.6 Å². The zero-order chi connectivity index (χ0) is 26.9. The van der Waals surface area contributed by atoms with Gasteiger partial charge in [-0.15, -0.1) is 0 Å². The lowest BCUT2D eigenvalue weighted by Gasteiger charge is -2.44. The Labute approximate surface area is 215 Å². The van der Waals surface area contributed by atoms with Gasteiger partial charge >= 0.3 is 19.3 Å². The van der Waals surface area contributed by atoms with E-state index in [-0.39, 0.29) is 28.7 Å². The SMILES string of the molecule is CC(C)(C)C1CC(n2cc(B3OC(C)(C)C(C)(C)O3)cn2)CCN1C(=O)O.O=C(O)N1CCCCC1. The molecule has 36 heavy (non-hydrogen) atoms. The molecule has 1 aromatic rings. The van der Waals surface area contributed by atoms with Crippen LogP contribution in [0.3, 0.4) is 0 Å². The summed E-state index contributed by atoms with van der Waals surface area (Å²) in [6.45, 7) is 16.4. The molecule has 3 aliphatic rings. The molecule has 202 valence electrons. The van der Waals surface area contributed by atoms with Gasteiger partial charge in [-0.3, -0.25) is 4.68 Å². The van der Waals surface area contributed by atoms with Crippen molar-refractivity contribution in [2.75, 3.05) is 19.6 Å². The van der Waals surface area contributed by atoms with E-state index in [1.807, 2.05) is 38.6 Å². The van der Waals surface area contributed by atoms with Gasteiger partial charge in [0.1, 0.15) is 0 Å². The van der Waals surface area contributed by atoms with Crippen LogP contribution in [0.4, 0.5) is 9.59 Å². The van der Waals surface area contributed by atoms with Gasteiger partial charge in [0, 0.05) is 43.5 Å². The van der Waals surface area contributed by atoms with Crippen molar-refractivity contribution in [2.24, 2.45) is 5.41 Å². The van der Waals surface area contributed by atoms with E-state index < -0.39 is 19.3 Å². The van der Waals surface area contributed by atoms with E-state index in [1.165, 1.54) is 11.3 Å². The van der Waals surface area contributed by atoms with Gasteiger partial charge in [0.05, 0.1) is 17.2 Å². The second-order valence-corrected chi connectivity index (χ2v) is 12.2. The highest BCUT2D eigenvalue weighted by Crippen LogP contribution is 2.38. The van der Waals surface area contributed by atoms with Gasteiger partial charge in [-0.05, 0) is 65.2 Å². The largest absolute Gasteiger partial charge is 0.498 e. The lowest BCUT2D eigenvalue weighted by molar-refractivity contribution is 0.00578. The van der Waals surface area contributed by atoms with Gasteiger partial charge in [-0.25, -0.2) is 9.59 Å². The Morgan fingerprint density at radius 1 is 1.00 bits per heavy atom. The quantitative estimate of drug-likeness (QED) is 0.581. The molecule has 3 aliphatic heterocycles. The first-order chi connectivity index (χ1) is 16.6. The number of likely N-dealkylation sites (tertiary alicyclic amines) is 2. The molecule has 4 heterocycles. The van der Waals surface area contributed by atoms with Gasteiger partial charge in [0.2, 0.25) is 0 Å². The van der Waals surface area contributed by atoms with E-state index in [0.29, 0.717) is 6.54 Å². The summed E-state index contributed by atoms with van der Waals surface area (Å²) in [7, 11) is -0.429. The zero-order valence-corrected chi connectivity index (χ0v) is 22.9. The Hall–Kier alpha value is -2.27. The predicted molar refractivity (Wildman–Crippen MR) is 138 cm³/mol. The number of hydrogen-bond acceptors (Lipinski definition) is 5. The van der Waals surface area contributed by atoms with Crippen molar-refractivity contribution in [3.63, 3.8) is 0 Å². The normalized spacial score (nSPS) is 25.8. The maximum atomic E-state index is 11.6. The summed E-state index contributed by atoms with van der Waals surface area (Å²) in [5.74, 6) is 0. The standard InChI is InChI=1S/C19H32BN3O4.C6H11NO2/c1-17(2,3)15-10-14(8-9-22(15)16(24)25)23-12-13(11-21-23)20-26-18(4,5)19(6,7)27-20;8-6(9)7-4-2-1-3-5-7/h11-12,14-15H,8-10H2,1-7H3,(H,24,25);1-5H2,(H,8,9). The van der Waals surface area contributed by atoms with Crippen molar-refractivity contribution < 1.29 is 29.1 Å². The number of amides is 2. The highest BCUT2D eigenvalue weighted by atomic mass is 16.7. The minimum atomic E-state index is -0.841. The summed E-state index contributed by atoms with van der Waals surface area (Å²) in [6.07, 6.45) is 6.94. The molecule has 2 atom stereocenters. The van der Waals surface area contributed by atoms with Gasteiger partial charge in [-0.1, -0.05) is 20.8 Å². The third-order valence-corrected chi connectivity index (χ3v) is 7.97. The molecule has 1 aromatic heterocycles. The molecule has 3 saturated heterocycles. The van der Waals surface area contributed by atoms with E-state index in [2.05, 4.69) is 25.9 Å². The molecule has 2 amide bonds. The lowest BCUT2D eigenvalue weighted by atomic mass is 9.79. The minimum Gasteiger partial charge on any atom is -0.465 e. The molecule has 2 unspecified atom stereocenters. The first kappa shape index (κ1) is 28.3. The fraction of sp³-hybridized carbons (Fsp3) is 0.800. The average molecular weight is 506 g/mol. The summed E-state index contributed by atoms with van der Waals surface area (Å²) < 4.78 is 14.2. The summed E-state index contributed by atoms with van der Waals surface area (Å²) >= 11 is 0. The number of piperidine rings is 2. The third kappa shape index (κ3) is 6.35. The Bertz CT molecular complexity index is 906. The molecule has 11 heteroatoms. The fourth-order valence-corrected chi connectivity index (χ4v) is 4.98. The maximum absolute atomic E-state index is 11.6. The number of carbonyl (C=O) groups is 2. The van der Waals surface area contributed by atoms with Crippen LogP contribution in [-0.4, -0.2) is 86.0 Å². The molecule has 4 rings (SSSR count). The number of carboxylic acid groups (broad SMARTS) is 2. The lowest BCUT2D eigenvalue weighted by Crippen LogP contribution is -2.51. The number of nitrogens with zero attached hydrogens (tertiary/aromatic N) is 4. The van der Waals surface area contributed by atoms with E-state index in [9.17, 15) is 14.7 Å². The first-order valence-corrected chi connectivity index (χ1v) is 13.0. The van der Waals surface area contributed by atoms with Gasteiger partial charge in [0.25, 0.3) is 0 Å². The predicted octanol–water partition coefficient (Wildman–Crippen LogP) is 4.06. The molecule has 0 aliphatic carbocycles. The highest BCUT2D eigenvalue weighted by Gasteiger charge is 2.52. The Morgan fingerprint density at radius 3 is 2.06 bits per heavy atom. The summed E-state index contributed by atoms with van der Waals surface area (Å²) in [6, 6.07) is 0.124. The Kier molecular flexibility index (Phi) is 8.35. The van der Waals surface area contributed by atoms with E-state index in [0.717, 1.165) is 44.2 Å². The number of rotatable bonds is 2. The summed E-state index contributed by atoms with van der Waals surface area (Å²) in [5, 5.41) is 22.6. The smallest absolute Gasteiger partial charge is 0.465 e. The maximum Gasteiger partial charge on any atom is 0.498 e. The molecule has 0 saturated carbocycles. The minimum absolute atomic E-state index is 0.0433. The van der Waals surface area contributed by atoms with Gasteiger partial charge < -0.3 is 29.3 Å². The second kappa shape index (κ2) is 10.6. The molecule has 2 N–H and O–H groups in total. The van der Waals surface area contributed by atoms with Crippen LogP contribution >= 0.6 is 0 Å². The van der Waals surface area contributed by atoms with Gasteiger partial charge in [-0.2, -0.15) is 5.10 Å². The molecule has 0 radical (unpaired) electrons. The van der Waals surface area contributed by atoms with E-state index >= 15 is 0 Å². The summed E-state index contributed by atoms with van der Waals surface area (Å²) in [4.78, 5) is 25.0. The van der Waals surface area contributed by atoms with Gasteiger partial charge in [0.15, 0.2) is 0 Å². The highest BCUT2D eigenvalue weighted by molar-refractivity contribution is 6.62. The van der Waals surface area contributed by atoms with Crippen LogP contribution < -0.4 is 5.46 Å². The third-order valence-electron chi connectivity index (χ3n) is 7.97.